The molecule has 1 fully saturated rings. The van der Waals surface area contributed by atoms with Crippen molar-refractivity contribution in [2.45, 2.75) is 96.5 Å². The van der Waals surface area contributed by atoms with Crippen molar-refractivity contribution in [3.8, 4) is 0 Å². The molecule has 1 aromatic rings. The van der Waals surface area contributed by atoms with Crippen LogP contribution in [0.4, 0.5) is 0 Å². The van der Waals surface area contributed by atoms with Crippen LogP contribution in [0.3, 0.4) is 0 Å². The lowest BCUT2D eigenvalue weighted by Gasteiger charge is -2.36. The van der Waals surface area contributed by atoms with Crippen molar-refractivity contribution < 1.29 is 5.11 Å². The van der Waals surface area contributed by atoms with Crippen LogP contribution in [-0.4, -0.2) is 5.11 Å². The molecule has 2 rings (SSSR count). The molecule has 0 aliphatic heterocycles. The average Bonchev–Trinajstić information content (AvgIpc) is 2.58. The molecule has 23 heavy (non-hydrogen) atoms. The highest BCUT2D eigenvalue weighted by Gasteiger charge is 2.34. The second-order valence-electron chi connectivity index (χ2n) is 7.62. The highest BCUT2D eigenvalue weighted by Crippen LogP contribution is 2.41. The van der Waals surface area contributed by atoms with E-state index in [0.29, 0.717) is 0 Å². The van der Waals surface area contributed by atoms with E-state index in [1.165, 1.54) is 69.8 Å². The van der Waals surface area contributed by atoms with Crippen molar-refractivity contribution >= 4 is 0 Å². The second-order valence-corrected chi connectivity index (χ2v) is 7.62. The van der Waals surface area contributed by atoms with Gasteiger partial charge < -0.3 is 5.11 Å². The van der Waals surface area contributed by atoms with Gasteiger partial charge in [-0.25, -0.2) is 0 Å². The first kappa shape index (κ1) is 18.5. The first-order valence-corrected chi connectivity index (χ1v) is 9.99. The molecule has 0 spiro atoms. The molecule has 0 bridgehead atoms. The summed E-state index contributed by atoms with van der Waals surface area (Å²) in [6, 6.07) is 8.82. The van der Waals surface area contributed by atoms with Gasteiger partial charge in [0.15, 0.2) is 0 Å². The largest absolute Gasteiger partial charge is 0.385 e. The van der Waals surface area contributed by atoms with Gasteiger partial charge in [-0.05, 0) is 55.6 Å². The van der Waals surface area contributed by atoms with E-state index in [4.69, 9.17) is 0 Å². The molecular formula is C22H36O. The van der Waals surface area contributed by atoms with Crippen LogP contribution in [0.2, 0.25) is 0 Å². The van der Waals surface area contributed by atoms with Crippen LogP contribution in [0.25, 0.3) is 0 Å². The summed E-state index contributed by atoms with van der Waals surface area (Å²) in [5, 5.41) is 11.0. The van der Waals surface area contributed by atoms with E-state index >= 15 is 0 Å². The van der Waals surface area contributed by atoms with E-state index in [9.17, 15) is 5.11 Å². The van der Waals surface area contributed by atoms with Crippen molar-refractivity contribution in [1.82, 2.24) is 0 Å². The van der Waals surface area contributed by atoms with Gasteiger partial charge in [-0.1, -0.05) is 76.6 Å². The summed E-state index contributed by atoms with van der Waals surface area (Å²) < 4.78 is 0. The molecule has 0 atom stereocenters. The molecule has 0 unspecified atom stereocenters. The molecular weight excluding hydrogens is 280 g/mol. The van der Waals surface area contributed by atoms with Crippen molar-refractivity contribution in [1.29, 1.82) is 0 Å². The maximum atomic E-state index is 11.0. The SMILES string of the molecule is CCCCCc1ccc(C2(O)CCC(CCCCC)CC2)cc1. The van der Waals surface area contributed by atoms with Gasteiger partial charge in [-0.15, -0.1) is 0 Å². The Balaban J connectivity index is 1.84. The number of benzene rings is 1. The van der Waals surface area contributed by atoms with Crippen LogP contribution in [-0.2, 0) is 12.0 Å². The van der Waals surface area contributed by atoms with Crippen molar-refractivity contribution in [2.24, 2.45) is 5.92 Å². The third-order valence-electron chi connectivity index (χ3n) is 5.71. The lowest BCUT2D eigenvalue weighted by atomic mass is 9.74. The zero-order valence-electron chi connectivity index (χ0n) is 15.3. The molecule has 1 aromatic carbocycles. The summed E-state index contributed by atoms with van der Waals surface area (Å²) in [6.45, 7) is 4.52. The first-order valence-electron chi connectivity index (χ1n) is 9.99. The number of hydrogen-bond acceptors (Lipinski definition) is 1. The Hall–Kier alpha value is -0.820. The minimum atomic E-state index is -0.566. The summed E-state index contributed by atoms with van der Waals surface area (Å²) >= 11 is 0. The van der Waals surface area contributed by atoms with Crippen LogP contribution in [0.1, 0.15) is 95.6 Å². The monoisotopic (exact) mass is 316 g/mol. The number of hydrogen-bond donors (Lipinski definition) is 1. The smallest absolute Gasteiger partial charge is 0.0896 e. The summed E-state index contributed by atoms with van der Waals surface area (Å²) in [5.41, 5.74) is 1.99. The van der Waals surface area contributed by atoms with Gasteiger partial charge in [-0.3, -0.25) is 0 Å². The van der Waals surface area contributed by atoms with E-state index in [1.54, 1.807) is 0 Å². The molecule has 1 N–H and O–H groups in total. The molecule has 1 aliphatic rings. The Bertz CT molecular complexity index is 426. The van der Waals surface area contributed by atoms with Gasteiger partial charge in [0.05, 0.1) is 5.60 Å². The summed E-state index contributed by atoms with van der Waals surface area (Å²) in [4.78, 5) is 0. The van der Waals surface area contributed by atoms with E-state index in [1.807, 2.05) is 0 Å². The zero-order valence-corrected chi connectivity index (χ0v) is 15.3. The highest BCUT2D eigenvalue weighted by molar-refractivity contribution is 5.27. The Morgan fingerprint density at radius 3 is 2.13 bits per heavy atom. The zero-order chi connectivity index (χ0) is 16.5. The molecule has 130 valence electrons. The minimum absolute atomic E-state index is 0.566. The minimum Gasteiger partial charge on any atom is -0.385 e. The Morgan fingerprint density at radius 2 is 1.52 bits per heavy atom. The fourth-order valence-electron chi connectivity index (χ4n) is 3.98. The van der Waals surface area contributed by atoms with Crippen molar-refractivity contribution in [2.75, 3.05) is 0 Å². The third kappa shape index (κ3) is 5.64. The number of unbranched alkanes of at least 4 members (excludes halogenated alkanes) is 4. The molecule has 0 aromatic heterocycles. The normalized spacial score (nSPS) is 24.7. The Labute approximate surface area is 143 Å². The molecule has 1 aliphatic carbocycles. The van der Waals surface area contributed by atoms with Crippen LogP contribution in [0.5, 0.6) is 0 Å². The standard InChI is InChI=1S/C22H36O/c1-3-5-7-9-19-11-13-21(14-12-19)22(23)17-15-20(16-18-22)10-8-6-4-2/h11-14,20,23H,3-10,15-18H2,1-2H3. The molecule has 0 saturated heterocycles. The van der Waals surface area contributed by atoms with Gasteiger partial charge in [0.25, 0.3) is 0 Å². The number of rotatable bonds is 9. The van der Waals surface area contributed by atoms with Crippen LogP contribution < -0.4 is 0 Å². The van der Waals surface area contributed by atoms with E-state index in [-0.39, 0.29) is 0 Å². The quantitative estimate of drug-likeness (QED) is 0.524. The average molecular weight is 317 g/mol. The van der Waals surface area contributed by atoms with Crippen LogP contribution in [0, 0.1) is 5.92 Å². The first-order chi connectivity index (χ1) is 11.2. The summed E-state index contributed by atoms with van der Waals surface area (Å²) in [5.74, 6) is 0.843. The Kier molecular flexibility index (Phi) is 7.62. The lowest BCUT2D eigenvalue weighted by molar-refractivity contribution is -0.0154. The maximum Gasteiger partial charge on any atom is 0.0896 e. The predicted molar refractivity (Wildman–Crippen MR) is 99.7 cm³/mol. The third-order valence-corrected chi connectivity index (χ3v) is 5.71. The fourth-order valence-corrected chi connectivity index (χ4v) is 3.98. The molecule has 0 heterocycles. The maximum absolute atomic E-state index is 11.0. The van der Waals surface area contributed by atoms with Crippen molar-refractivity contribution in [3.05, 3.63) is 35.4 Å². The predicted octanol–water partition coefficient (Wildman–Crippen LogP) is 6.38. The highest BCUT2D eigenvalue weighted by atomic mass is 16.3. The van der Waals surface area contributed by atoms with Gasteiger partial charge in [0.1, 0.15) is 0 Å². The van der Waals surface area contributed by atoms with Gasteiger partial charge in [-0.2, -0.15) is 0 Å². The topological polar surface area (TPSA) is 20.2 Å². The van der Waals surface area contributed by atoms with Crippen LogP contribution >= 0.6 is 0 Å². The molecule has 1 nitrogen and oxygen atoms in total. The summed E-state index contributed by atoms with van der Waals surface area (Å²) in [7, 11) is 0. The van der Waals surface area contributed by atoms with Crippen molar-refractivity contribution in [3.63, 3.8) is 0 Å². The molecule has 1 saturated carbocycles. The Morgan fingerprint density at radius 1 is 0.913 bits per heavy atom. The van der Waals surface area contributed by atoms with E-state index < -0.39 is 5.60 Å². The molecule has 1 heteroatoms. The number of aliphatic hydroxyl groups is 1. The van der Waals surface area contributed by atoms with Gasteiger partial charge in [0, 0.05) is 0 Å². The number of aryl methyl sites for hydroxylation is 1. The lowest BCUT2D eigenvalue weighted by Crippen LogP contribution is -2.31. The van der Waals surface area contributed by atoms with E-state index in [0.717, 1.165) is 24.3 Å². The van der Waals surface area contributed by atoms with E-state index in [2.05, 4.69) is 38.1 Å². The summed E-state index contributed by atoms with van der Waals surface area (Å²) in [6.07, 6.45) is 14.7. The van der Waals surface area contributed by atoms with Crippen LogP contribution in [0.15, 0.2) is 24.3 Å². The van der Waals surface area contributed by atoms with Gasteiger partial charge >= 0.3 is 0 Å². The molecule has 0 radical (unpaired) electrons. The molecule has 0 amide bonds. The van der Waals surface area contributed by atoms with Gasteiger partial charge in [0.2, 0.25) is 0 Å². The second kappa shape index (κ2) is 9.47. The fraction of sp³-hybridized carbons (Fsp3) is 0.727.